The highest BCUT2D eigenvalue weighted by molar-refractivity contribution is 5.87. The first-order valence-corrected chi connectivity index (χ1v) is 9.56. The van der Waals surface area contributed by atoms with E-state index in [9.17, 15) is 9.90 Å². The third-order valence-corrected chi connectivity index (χ3v) is 7.82. The molecule has 2 aliphatic carbocycles. The molecule has 2 aliphatic rings. The van der Waals surface area contributed by atoms with Gasteiger partial charge in [0.05, 0.1) is 12.7 Å². The molecule has 2 fully saturated rings. The van der Waals surface area contributed by atoms with Gasteiger partial charge < -0.3 is 9.84 Å². The fourth-order valence-corrected chi connectivity index (χ4v) is 5.59. The number of rotatable bonds is 4. The second kappa shape index (κ2) is 6.82. The summed E-state index contributed by atoms with van der Waals surface area (Å²) in [7, 11) is 1.43. The van der Waals surface area contributed by atoms with Crippen LogP contribution in [-0.4, -0.2) is 23.8 Å². The van der Waals surface area contributed by atoms with E-state index < -0.39 is 5.60 Å². The van der Waals surface area contributed by atoms with Crippen LogP contribution in [0.5, 0.6) is 0 Å². The first kappa shape index (κ1) is 19.5. The normalized spacial score (nSPS) is 43.2. The van der Waals surface area contributed by atoms with Crippen molar-refractivity contribution < 1.29 is 14.6 Å². The number of ether oxygens (including phenoxy) is 1. The Bertz CT molecular complexity index is 507. The van der Waals surface area contributed by atoms with Gasteiger partial charge in [-0.05, 0) is 75.0 Å². The molecule has 0 radical (unpaired) electrons. The lowest BCUT2D eigenvalue weighted by Gasteiger charge is -2.63. The second-order valence-corrected chi connectivity index (χ2v) is 9.00. The lowest BCUT2D eigenvalue weighted by atomic mass is 9.43. The minimum absolute atomic E-state index is 0.00756. The van der Waals surface area contributed by atoms with Crippen molar-refractivity contribution in [2.24, 2.45) is 22.7 Å². The molecule has 3 heteroatoms. The maximum Gasteiger partial charge on any atom is 0.333 e. The summed E-state index contributed by atoms with van der Waals surface area (Å²) in [4.78, 5) is 11.6. The lowest BCUT2D eigenvalue weighted by Crippen LogP contribution is -2.59. The number of aliphatic hydroxyl groups is 1. The molecule has 1 N–H and O–H groups in total. The van der Waals surface area contributed by atoms with Gasteiger partial charge in [-0.3, -0.25) is 0 Å². The zero-order chi connectivity index (χ0) is 18.2. The van der Waals surface area contributed by atoms with Crippen molar-refractivity contribution >= 4 is 5.97 Å². The average Bonchev–Trinajstić information content (AvgIpc) is 2.52. The van der Waals surface area contributed by atoms with E-state index in [2.05, 4.69) is 27.7 Å². The van der Waals surface area contributed by atoms with Crippen LogP contribution >= 0.6 is 0 Å². The number of methoxy groups -OCH3 is 1. The van der Waals surface area contributed by atoms with Gasteiger partial charge in [0.15, 0.2) is 0 Å². The molecule has 2 rings (SSSR count). The van der Waals surface area contributed by atoms with Gasteiger partial charge in [-0.15, -0.1) is 0 Å². The molecule has 24 heavy (non-hydrogen) atoms. The van der Waals surface area contributed by atoms with Gasteiger partial charge >= 0.3 is 5.97 Å². The Labute approximate surface area is 147 Å². The van der Waals surface area contributed by atoms with E-state index in [1.807, 2.05) is 13.0 Å². The van der Waals surface area contributed by atoms with Crippen LogP contribution < -0.4 is 0 Å². The number of carbonyl (C=O) groups excluding carboxylic acids is 1. The number of allylic oxidation sites excluding steroid dienone is 1. The van der Waals surface area contributed by atoms with E-state index in [1.165, 1.54) is 20.0 Å². The van der Waals surface area contributed by atoms with Gasteiger partial charge in [0.1, 0.15) is 0 Å². The van der Waals surface area contributed by atoms with Gasteiger partial charge in [-0.2, -0.15) is 0 Å². The number of esters is 1. The Kier molecular flexibility index (Phi) is 5.54. The smallest absolute Gasteiger partial charge is 0.333 e. The Morgan fingerprint density at radius 2 is 1.92 bits per heavy atom. The quantitative estimate of drug-likeness (QED) is 0.588. The summed E-state index contributed by atoms with van der Waals surface area (Å²) >= 11 is 0. The predicted molar refractivity (Wildman–Crippen MR) is 97.6 cm³/mol. The first-order valence-electron chi connectivity index (χ1n) is 9.56. The zero-order valence-corrected chi connectivity index (χ0v) is 16.4. The van der Waals surface area contributed by atoms with Crippen LogP contribution in [0.1, 0.15) is 79.6 Å². The Morgan fingerprint density at radius 3 is 2.54 bits per heavy atom. The molecule has 2 saturated carbocycles. The minimum Gasteiger partial charge on any atom is -0.466 e. The molecule has 5 atom stereocenters. The average molecular weight is 337 g/mol. The summed E-state index contributed by atoms with van der Waals surface area (Å²) in [6, 6.07) is 0. The van der Waals surface area contributed by atoms with Crippen LogP contribution in [0.15, 0.2) is 11.6 Å². The van der Waals surface area contributed by atoms with Crippen molar-refractivity contribution in [2.75, 3.05) is 7.11 Å². The minimum atomic E-state index is -0.560. The van der Waals surface area contributed by atoms with Crippen LogP contribution in [0.25, 0.3) is 0 Å². The van der Waals surface area contributed by atoms with Gasteiger partial charge in [-0.25, -0.2) is 4.79 Å². The van der Waals surface area contributed by atoms with Crippen molar-refractivity contribution in [3.63, 3.8) is 0 Å². The summed E-state index contributed by atoms with van der Waals surface area (Å²) in [5.74, 6) is 0.961. The molecule has 0 unspecified atom stereocenters. The molecule has 0 amide bonds. The van der Waals surface area contributed by atoms with Crippen LogP contribution in [0.4, 0.5) is 0 Å². The van der Waals surface area contributed by atoms with Gasteiger partial charge in [0, 0.05) is 5.57 Å². The number of fused-ring (bicyclic) bond motifs is 1. The van der Waals surface area contributed by atoms with E-state index >= 15 is 0 Å². The third kappa shape index (κ3) is 3.16. The molecule has 0 spiro atoms. The Balaban J connectivity index is 2.21. The van der Waals surface area contributed by atoms with Crippen molar-refractivity contribution in [3.05, 3.63) is 11.6 Å². The lowest BCUT2D eigenvalue weighted by molar-refractivity contribution is -0.192. The SMILES string of the molecule is COC(=O)/C(C)=C/CC[C@@]1(C)[C@H](C)CC[C@]2(C)[C@@H]1CCC[C@@]2(C)O. The predicted octanol–water partition coefficient (Wildman–Crippen LogP) is 4.88. The number of carbonyl (C=O) groups is 1. The highest BCUT2D eigenvalue weighted by Gasteiger charge is 2.59. The molecule has 0 aromatic carbocycles. The fraction of sp³-hybridized carbons (Fsp3) is 0.857. The van der Waals surface area contributed by atoms with Crippen LogP contribution in [-0.2, 0) is 9.53 Å². The molecule has 0 aliphatic heterocycles. The monoisotopic (exact) mass is 336 g/mol. The molecule has 138 valence electrons. The molecular formula is C21H36O3. The van der Waals surface area contributed by atoms with E-state index in [1.54, 1.807) is 0 Å². The molecule has 0 bridgehead atoms. The zero-order valence-electron chi connectivity index (χ0n) is 16.4. The number of hydrogen-bond donors (Lipinski definition) is 1. The first-order chi connectivity index (χ1) is 11.1. The van der Waals surface area contributed by atoms with E-state index in [0.717, 1.165) is 32.1 Å². The second-order valence-electron chi connectivity index (χ2n) is 9.00. The van der Waals surface area contributed by atoms with Gasteiger partial charge in [0.25, 0.3) is 0 Å². The Morgan fingerprint density at radius 1 is 1.25 bits per heavy atom. The van der Waals surface area contributed by atoms with Crippen LogP contribution in [0.3, 0.4) is 0 Å². The van der Waals surface area contributed by atoms with Gasteiger partial charge in [0.2, 0.25) is 0 Å². The van der Waals surface area contributed by atoms with Crippen LogP contribution in [0.2, 0.25) is 0 Å². The summed E-state index contributed by atoms with van der Waals surface area (Å²) in [5, 5.41) is 11.1. The molecule has 0 saturated heterocycles. The molecule has 0 aromatic heterocycles. The fourth-order valence-electron chi connectivity index (χ4n) is 5.59. The summed E-state index contributed by atoms with van der Waals surface area (Å²) in [5.41, 5.74) is 0.357. The summed E-state index contributed by atoms with van der Waals surface area (Å²) in [6.45, 7) is 11.0. The molecule has 0 heterocycles. The standard InChI is InChI=1S/C21H36O3/c1-15(18(22)24-6)9-7-12-19(3)16(2)11-14-20(4)17(19)10-8-13-21(20,5)23/h9,16-17,23H,7-8,10-14H2,1-6H3/b15-9+/t16-,17-,19+,20-,21-/m1/s1. The highest BCUT2D eigenvalue weighted by Crippen LogP contribution is 2.64. The van der Waals surface area contributed by atoms with E-state index in [4.69, 9.17) is 4.74 Å². The molecule has 3 nitrogen and oxygen atoms in total. The van der Waals surface area contributed by atoms with Crippen LogP contribution in [0, 0.1) is 22.7 Å². The van der Waals surface area contributed by atoms with E-state index in [-0.39, 0.29) is 16.8 Å². The van der Waals surface area contributed by atoms with Crippen molar-refractivity contribution in [3.8, 4) is 0 Å². The number of hydrogen-bond acceptors (Lipinski definition) is 3. The van der Waals surface area contributed by atoms with Crippen molar-refractivity contribution in [1.29, 1.82) is 0 Å². The maximum absolute atomic E-state index is 11.6. The van der Waals surface area contributed by atoms with Crippen molar-refractivity contribution in [1.82, 2.24) is 0 Å². The third-order valence-electron chi connectivity index (χ3n) is 7.82. The summed E-state index contributed by atoms with van der Waals surface area (Å²) < 4.78 is 4.79. The topological polar surface area (TPSA) is 46.5 Å². The van der Waals surface area contributed by atoms with Gasteiger partial charge in [-0.1, -0.05) is 33.3 Å². The van der Waals surface area contributed by atoms with Crippen molar-refractivity contribution in [2.45, 2.75) is 85.2 Å². The summed E-state index contributed by atoms with van der Waals surface area (Å²) in [6.07, 6.45) is 9.55. The maximum atomic E-state index is 11.6. The van der Waals surface area contributed by atoms with E-state index in [0.29, 0.717) is 17.4 Å². The Hall–Kier alpha value is -0.830. The highest BCUT2D eigenvalue weighted by atomic mass is 16.5. The molecular weight excluding hydrogens is 300 g/mol. The molecule has 0 aromatic rings. The largest absolute Gasteiger partial charge is 0.466 e.